The molecule has 0 unspecified atom stereocenters. The molecule has 0 aromatic rings. The van der Waals surface area contributed by atoms with Crippen LogP contribution in [0.25, 0.3) is 0 Å². The number of carbonyl (C=O) groups excluding carboxylic acids is 2. The molecule has 0 aliphatic carbocycles. The van der Waals surface area contributed by atoms with Gasteiger partial charge in [-0.3, -0.25) is 9.59 Å². The summed E-state index contributed by atoms with van der Waals surface area (Å²) in [5, 5.41) is 0. The zero-order valence-corrected chi connectivity index (χ0v) is 9.07. The zero-order valence-electron chi connectivity index (χ0n) is 9.07. The second-order valence-electron chi connectivity index (χ2n) is 2.99. The minimum absolute atomic E-state index is 0.205. The van der Waals surface area contributed by atoms with Gasteiger partial charge in [0.2, 0.25) is 0 Å². The standard InChI is InChI=1S/C10H18O5/c1-13-7-8-15-10(12)5-3-2-4-6-14-9-11/h9H,2-8H2,1H3. The van der Waals surface area contributed by atoms with Gasteiger partial charge >= 0.3 is 5.97 Å². The molecule has 15 heavy (non-hydrogen) atoms. The SMILES string of the molecule is COCCOC(=O)CCCCCOC=O. The molecule has 0 rings (SSSR count). The number of methoxy groups -OCH3 is 1. The maximum Gasteiger partial charge on any atom is 0.305 e. The van der Waals surface area contributed by atoms with Crippen molar-refractivity contribution in [3.63, 3.8) is 0 Å². The van der Waals surface area contributed by atoms with E-state index in [-0.39, 0.29) is 5.97 Å². The molecule has 0 bridgehead atoms. The van der Waals surface area contributed by atoms with Crippen molar-refractivity contribution in [2.45, 2.75) is 25.7 Å². The third kappa shape index (κ3) is 10.8. The van der Waals surface area contributed by atoms with E-state index in [2.05, 4.69) is 4.74 Å². The highest BCUT2D eigenvalue weighted by atomic mass is 16.6. The van der Waals surface area contributed by atoms with E-state index in [1.54, 1.807) is 7.11 Å². The Morgan fingerprint density at radius 2 is 1.93 bits per heavy atom. The Hall–Kier alpha value is -1.10. The van der Waals surface area contributed by atoms with Gasteiger partial charge in [0.1, 0.15) is 6.61 Å². The van der Waals surface area contributed by atoms with Crippen molar-refractivity contribution in [1.29, 1.82) is 0 Å². The normalized spacial score (nSPS) is 9.67. The van der Waals surface area contributed by atoms with Crippen LogP contribution in [0.15, 0.2) is 0 Å². The molecule has 88 valence electrons. The molecular formula is C10H18O5. The molecule has 0 spiro atoms. The lowest BCUT2D eigenvalue weighted by molar-refractivity contribution is -0.145. The topological polar surface area (TPSA) is 61.8 Å². The first-order chi connectivity index (χ1) is 7.31. The lowest BCUT2D eigenvalue weighted by atomic mass is 10.2. The number of rotatable bonds is 10. The fourth-order valence-electron chi connectivity index (χ4n) is 0.991. The van der Waals surface area contributed by atoms with E-state index >= 15 is 0 Å². The van der Waals surface area contributed by atoms with Gasteiger partial charge in [-0.15, -0.1) is 0 Å². The summed E-state index contributed by atoms with van der Waals surface area (Å²) in [5.74, 6) is -0.205. The van der Waals surface area contributed by atoms with Gasteiger partial charge in [0, 0.05) is 13.5 Å². The first-order valence-corrected chi connectivity index (χ1v) is 5.01. The molecule has 0 aliphatic heterocycles. The lowest BCUT2D eigenvalue weighted by Gasteiger charge is -2.03. The van der Waals surface area contributed by atoms with Crippen molar-refractivity contribution in [2.75, 3.05) is 26.9 Å². The van der Waals surface area contributed by atoms with E-state index in [9.17, 15) is 9.59 Å². The van der Waals surface area contributed by atoms with Crippen molar-refractivity contribution < 1.29 is 23.8 Å². The fraction of sp³-hybridized carbons (Fsp3) is 0.800. The molecular weight excluding hydrogens is 200 g/mol. The molecule has 0 N–H and O–H groups in total. The van der Waals surface area contributed by atoms with Crippen LogP contribution in [0.2, 0.25) is 0 Å². The Morgan fingerprint density at radius 1 is 1.13 bits per heavy atom. The summed E-state index contributed by atoms with van der Waals surface area (Å²) in [6, 6.07) is 0. The third-order valence-corrected chi connectivity index (χ3v) is 1.76. The van der Waals surface area contributed by atoms with Gasteiger partial charge in [0.25, 0.3) is 6.47 Å². The molecule has 0 saturated carbocycles. The quantitative estimate of drug-likeness (QED) is 0.310. The van der Waals surface area contributed by atoms with E-state index in [0.717, 1.165) is 19.3 Å². The Labute approximate surface area is 89.7 Å². The van der Waals surface area contributed by atoms with E-state index in [4.69, 9.17) is 9.47 Å². The molecule has 0 heterocycles. The second-order valence-corrected chi connectivity index (χ2v) is 2.99. The molecule has 0 saturated heterocycles. The summed E-state index contributed by atoms with van der Waals surface area (Å²) in [6.45, 7) is 1.59. The molecule has 0 aliphatic rings. The van der Waals surface area contributed by atoms with Gasteiger partial charge in [0.15, 0.2) is 0 Å². The Bertz CT molecular complexity index is 169. The molecule has 0 aromatic heterocycles. The summed E-state index contributed by atoms with van der Waals surface area (Å²) >= 11 is 0. The van der Waals surface area contributed by atoms with Gasteiger partial charge in [-0.2, -0.15) is 0 Å². The van der Waals surface area contributed by atoms with Crippen LogP contribution >= 0.6 is 0 Å². The van der Waals surface area contributed by atoms with E-state index in [1.165, 1.54) is 0 Å². The van der Waals surface area contributed by atoms with Crippen LogP contribution < -0.4 is 0 Å². The lowest BCUT2D eigenvalue weighted by Crippen LogP contribution is -2.09. The average Bonchev–Trinajstić information content (AvgIpc) is 2.23. The van der Waals surface area contributed by atoms with Crippen LogP contribution in [0.4, 0.5) is 0 Å². The van der Waals surface area contributed by atoms with Crippen molar-refractivity contribution in [3.05, 3.63) is 0 Å². The second kappa shape index (κ2) is 11.0. The summed E-state index contributed by atoms with van der Waals surface area (Å²) in [5.41, 5.74) is 0. The van der Waals surface area contributed by atoms with Crippen LogP contribution in [0, 0.1) is 0 Å². The summed E-state index contributed by atoms with van der Waals surface area (Å²) in [7, 11) is 1.56. The highest BCUT2D eigenvalue weighted by Gasteiger charge is 2.01. The van der Waals surface area contributed by atoms with Gasteiger partial charge < -0.3 is 14.2 Å². The molecule has 0 aromatic carbocycles. The number of ether oxygens (including phenoxy) is 3. The maximum absolute atomic E-state index is 11.0. The van der Waals surface area contributed by atoms with E-state index in [1.807, 2.05) is 0 Å². The predicted molar refractivity (Wildman–Crippen MR) is 53.3 cm³/mol. The fourth-order valence-corrected chi connectivity index (χ4v) is 0.991. The minimum atomic E-state index is -0.205. The number of hydrogen-bond donors (Lipinski definition) is 0. The monoisotopic (exact) mass is 218 g/mol. The van der Waals surface area contributed by atoms with Crippen molar-refractivity contribution in [2.24, 2.45) is 0 Å². The van der Waals surface area contributed by atoms with Gasteiger partial charge in [-0.25, -0.2) is 0 Å². The first-order valence-electron chi connectivity index (χ1n) is 5.01. The first kappa shape index (κ1) is 13.9. The Kier molecular flexibility index (Phi) is 10.2. The smallest absolute Gasteiger partial charge is 0.305 e. The average molecular weight is 218 g/mol. The minimum Gasteiger partial charge on any atom is -0.468 e. The molecule has 0 fully saturated rings. The molecule has 5 heteroatoms. The van der Waals surface area contributed by atoms with Crippen molar-refractivity contribution in [1.82, 2.24) is 0 Å². The van der Waals surface area contributed by atoms with E-state index < -0.39 is 0 Å². The van der Waals surface area contributed by atoms with Crippen molar-refractivity contribution >= 4 is 12.4 Å². The van der Waals surface area contributed by atoms with Gasteiger partial charge in [-0.05, 0) is 19.3 Å². The predicted octanol–water partition coefficient (Wildman–Crippen LogP) is 0.909. The Morgan fingerprint density at radius 3 is 2.60 bits per heavy atom. The summed E-state index contributed by atoms with van der Waals surface area (Å²) in [4.78, 5) is 20.8. The third-order valence-electron chi connectivity index (χ3n) is 1.76. The van der Waals surface area contributed by atoms with Crippen LogP contribution in [-0.4, -0.2) is 39.4 Å². The highest BCUT2D eigenvalue weighted by Crippen LogP contribution is 2.01. The van der Waals surface area contributed by atoms with Gasteiger partial charge in [0.05, 0.1) is 13.2 Å². The summed E-state index contributed by atoms with van der Waals surface area (Å²) < 4.78 is 14.1. The molecule has 0 atom stereocenters. The van der Waals surface area contributed by atoms with Crippen molar-refractivity contribution in [3.8, 4) is 0 Å². The van der Waals surface area contributed by atoms with Crippen LogP contribution in [0.5, 0.6) is 0 Å². The molecule has 0 radical (unpaired) electrons. The Balaban J connectivity index is 3.13. The molecule has 5 nitrogen and oxygen atoms in total. The number of hydrogen-bond acceptors (Lipinski definition) is 5. The van der Waals surface area contributed by atoms with Gasteiger partial charge in [-0.1, -0.05) is 0 Å². The zero-order chi connectivity index (χ0) is 11.4. The van der Waals surface area contributed by atoms with Crippen LogP contribution in [0.1, 0.15) is 25.7 Å². The number of esters is 1. The largest absolute Gasteiger partial charge is 0.468 e. The molecule has 0 amide bonds. The highest BCUT2D eigenvalue weighted by molar-refractivity contribution is 5.69. The van der Waals surface area contributed by atoms with Crippen LogP contribution in [-0.2, 0) is 23.8 Å². The number of unbranched alkanes of at least 4 members (excludes halogenated alkanes) is 2. The van der Waals surface area contributed by atoms with Crippen LogP contribution in [0.3, 0.4) is 0 Å². The number of carbonyl (C=O) groups is 2. The maximum atomic E-state index is 11.0. The van der Waals surface area contributed by atoms with E-state index in [0.29, 0.717) is 32.7 Å². The summed E-state index contributed by atoms with van der Waals surface area (Å²) in [6.07, 6.45) is 2.80.